The molecule has 0 bridgehead atoms. The number of Topliss-reactive ketones (excluding diaryl/α,β-unsaturated/α-hetero) is 1. The number of carbonyl (C=O) groups excluding carboxylic acids is 1. The van der Waals surface area contributed by atoms with Crippen LogP contribution in [0.3, 0.4) is 0 Å². The summed E-state index contributed by atoms with van der Waals surface area (Å²) >= 11 is 0. The number of ketones is 1. The molecular weight excluding hydrogens is 420 g/mol. The Balaban J connectivity index is 1.59. The van der Waals surface area contributed by atoms with Gasteiger partial charge < -0.3 is 5.11 Å². The van der Waals surface area contributed by atoms with E-state index in [4.69, 9.17) is 0 Å². The SMILES string of the molecule is CC(=O)C1(C)CCCC2(C)C1CCC1(C)C3=CCC4(C(=O)O)CCC(C)(C)CC4C3(C)CCC12. The molecule has 0 spiro atoms. The van der Waals surface area contributed by atoms with Gasteiger partial charge in [0, 0.05) is 5.41 Å². The van der Waals surface area contributed by atoms with Crippen LogP contribution >= 0.6 is 0 Å². The number of fused-ring (bicyclic) bond motifs is 7. The molecule has 4 saturated carbocycles. The zero-order valence-electron chi connectivity index (χ0n) is 22.9. The van der Waals surface area contributed by atoms with Crippen LogP contribution in [-0.4, -0.2) is 16.9 Å². The van der Waals surface area contributed by atoms with Gasteiger partial charge in [-0.25, -0.2) is 0 Å². The standard InChI is InChI=1S/C31H48O3/c1-20(32)27(4)12-8-13-28(5)21(27)9-14-29(6)22(28)10-15-30(7)23(29)11-16-31(25(33)34)18-17-26(2,3)19-24(30)31/h11,21-22,24H,8-10,12-19H2,1-7H3,(H,33,34). The lowest BCUT2D eigenvalue weighted by molar-refractivity contribution is -0.179. The summed E-state index contributed by atoms with van der Waals surface area (Å²) in [6, 6.07) is 0. The van der Waals surface area contributed by atoms with Gasteiger partial charge in [-0.15, -0.1) is 0 Å². The molecule has 0 saturated heterocycles. The van der Waals surface area contributed by atoms with Crippen LogP contribution in [0.25, 0.3) is 0 Å². The second kappa shape index (κ2) is 7.22. The van der Waals surface area contributed by atoms with E-state index in [2.05, 4.69) is 47.6 Å². The van der Waals surface area contributed by atoms with Crippen molar-refractivity contribution in [2.24, 2.45) is 50.2 Å². The molecule has 0 radical (unpaired) electrons. The molecular formula is C31H48O3. The highest BCUT2D eigenvalue weighted by molar-refractivity contribution is 5.82. The van der Waals surface area contributed by atoms with Gasteiger partial charge in [0.15, 0.2) is 0 Å². The first-order chi connectivity index (χ1) is 15.7. The monoisotopic (exact) mass is 468 g/mol. The molecule has 8 atom stereocenters. The van der Waals surface area contributed by atoms with E-state index in [1.807, 2.05) is 6.92 Å². The lowest BCUT2D eigenvalue weighted by atomic mass is 9.34. The normalized spacial score (nSPS) is 51.7. The predicted octanol–water partition coefficient (Wildman–Crippen LogP) is 7.83. The first kappa shape index (κ1) is 24.6. The lowest BCUT2D eigenvalue weighted by Crippen LogP contribution is -2.63. The number of hydrogen-bond donors (Lipinski definition) is 1. The molecule has 5 rings (SSSR count). The van der Waals surface area contributed by atoms with E-state index in [0.717, 1.165) is 51.4 Å². The van der Waals surface area contributed by atoms with Crippen molar-refractivity contribution in [1.29, 1.82) is 0 Å². The van der Waals surface area contributed by atoms with E-state index in [1.165, 1.54) is 12.8 Å². The summed E-state index contributed by atoms with van der Waals surface area (Å²) < 4.78 is 0. The van der Waals surface area contributed by atoms with E-state index in [-0.39, 0.29) is 33.0 Å². The molecule has 0 aromatic carbocycles. The van der Waals surface area contributed by atoms with Crippen molar-refractivity contribution in [2.75, 3.05) is 0 Å². The number of hydrogen-bond acceptors (Lipinski definition) is 2. The Morgan fingerprint density at radius 2 is 1.44 bits per heavy atom. The van der Waals surface area contributed by atoms with Gasteiger partial charge in [0.2, 0.25) is 0 Å². The van der Waals surface area contributed by atoms with Crippen molar-refractivity contribution in [1.82, 2.24) is 0 Å². The average molecular weight is 469 g/mol. The number of carboxylic acids is 1. The third kappa shape index (κ3) is 2.94. The molecule has 3 heteroatoms. The Morgan fingerprint density at radius 1 is 0.824 bits per heavy atom. The third-order valence-electron chi connectivity index (χ3n) is 13.0. The van der Waals surface area contributed by atoms with E-state index in [1.54, 1.807) is 5.57 Å². The van der Waals surface area contributed by atoms with Gasteiger partial charge >= 0.3 is 5.97 Å². The van der Waals surface area contributed by atoms with E-state index < -0.39 is 11.4 Å². The fraction of sp³-hybridized carbons (Fsp3) is 0.871. The summed E-state index contributed by atoms with van der Waals surface area (Å²) in [5.41, 5.74) is 1.34. The molecule has 190 valence electrons. The molecule has 1 N–H and O–H groups in total. The largest absolute Gasteiger partial charge is 0.481 e. The summed E-state index contributed by atoms with van der Waals surface area (Å²) in [7, 11) is 0. The highest BCUT2D eigenvalue weighted by atomic mass is 16.4. The molecule has 34 heavy (non-hydrogen) atoms. The second-order valence-electron chi connectivity index (χ2n) is 15.1. The van der Waals surface area contributed by atoms with Crippen LogP contribution < -0.4 is 0 Å². The molecule has 0 amide bonds. The van der Waals surface area contributed by atoms with Crippen LogP contribution in [0.15, 0.2) is 11.6 Å². The van der Waals surface area contributed by atoms with Gasteiger partial charge in [0.05, 0.1) is 5.41 Å². The van der Waals surface area contributed by atoms with Crippen LogP contribution in [0.4, 0.5) is 0 Å². The maximum atomic E-state index is 12.9. The van der Waals surface area contributed by atoms with Gasteiger partial charge in [-0.2, -0.15) is 0 Å². The number of allylic oxidation sites excluding steroid dienone is 2. The molecule has 5 aliphatic rings. The summed E-state index contributed by atoms with van der Waals surface area (Å²) in [6.45, 7) is 16.3. The van der Waals surface area contributed by atoms with Crippen LogP contribution in [-0.2, 0) is 9.59 Å². The summed E-state index contributed by atoms with van der Waals surface area (Å²) in [5.74, 6) is 1.12. The average Bonchev–Trinajstić information content (AvgIpc) is 2.72. The number of carbonyl (C=O) groups is 2. The van der Waals surface area contributed by atoms with Gasteiger partial charge in [0.1, 0.15) is 5.78 Å². The van der Waals surface area contributed by atoms with Crippen molar-refractivity contribution in [3.63, 3.8) is 0 Å². The topological polar surface area (TPSA) is 54.4 Å². The van der Waals surface area contributed by atoms with Gasteiger partial charge in [0.25, 0.3) is 0 Å². The fourth-order valence-electron chi connectivity index (χ4n) is 11.1. The summed E-state index contributed by atoms with van der Waals surface area (Å²) in [5, 5.41) is 10.5. The molecule has 0 aromatic rings. The van der Waals surface area contributed by atoms with Crippen molar-refractivity contribution in [2.45, 2.75) is 119 Å². The summed E-state index contributed by atoms with van der Waals surface area (Å²) in [6.07, 6.45) is 14.0. The highest BCUT2D eigenvalue weighted by Gasteiger charge is 2.68. The van der Waals surface area contributed by atoms with E-state index in [9.17, 15) is 14.7 Å². The van der Waals surface area contributed by atoms with Gasteiger partial charge in [-0.1, -0.05) is 59.6 Å². The molecule has 0 aliphatic heterocycles. The number of rotatable bonds is 2. The van der Waals surface area contributed by atoms with Crippen molar-refractivity contribution >= 4 is 11.8 Å². The van der Waals surface area contributed by atoms with Crippen molar-refractivity contribution in [3.05, 3.63) is 11.6 Å². The van der Waals surface area contributed by atoms with Gasteiger partial charge in [-0.3, -0.25) is 9.59 Å². The van der Waals surface area contributed by atoms with Crippen LogP contribution in [0.1, 0.15) is 119 Å². The minimum atomic E-state index is -0.587. The molecule has 8 unspecified atom stereocenters. The van der Waals surface area contributed by atoms with Gasteiger partial charge in [-0.05, 0) is 111 Å². The Labute approximate surface area is 207 Å². The van der Waals surface area contributed by atoms with E-state index >= 15 is 0 Å². The Morgan fingerprint density at radius 3 is 2.06 bits per heavy atom. The third-order valence-corrected chi connectivity index (χ3v) is 13.0. The van der Waals surface area contributed by atoms with Crippen molar-refractivity contribution in [3.8, 4) is 0 Å². The highest BCUT2D eigenvalue weighted by Crippen LogP contribution is 2.75. The molecule has 3 nitrogen and oxygen atoms in total. The van der Waals surface area contributed by atoms with E-state index in [0.29, 0.717) is 24.0 Å². The molecule has 0 heterocycles. The lowest BCUT2D eigenvalue weighted by Gasteiger charge is -2.69. The minimum Gasteiger partial charge on any atom is -0.481 e. The first-order valence-corrected chi connectivity index (χ1v) is 14.1. The zero-order chi connectivity index (χ0) is 24.9. The maximum Gasteiger partial charge on any atom is 0.310 e. The predicted molar refractivity (Wildman–Crippen MR) is 136 cm³/mol. The molecule has 4 fully saturated rings. The zero-order valence-corrected chi connectivity index (χ0v) is 22.9. The number of carboxylic acid groups (broad SMARTS) is 1. The van der Waals surface area contributed by atoms with Crippen LogP contribution in [0, 0.1) is 50.2 Å². The number of aliphatic carboxylic acids is 1. The second-order valence-corrected chi connectivity index (χ2v) is 15.1. The van der Waals surface area contributed by atoms with Crippen molar-refractivity contribution < 1.29 is 14.7 Å². The smallest absolute Gasteiger partial charge is 0.310 e. The molecule has 0 aromatic heterocycles. The Bertz CT molecular complexity index is 946. The summed E-state index contributed by atoms with van der Waals surface area (Å²) in [4.78, 5) is 25.7. The maximum absolute atomic E-state index is 12.9. The minimum absolute atomic E-state index is 0.0265. The Kier molecular flexibility index (Phi) is 5.22. The van der Waals surface area contributed by atoms with Crippen LogP contribution in [0.2, 0.25) is 0 Å². The van der Waals surface area contributed by atoms with Crippen LogP contribution in [0.5, 0.6) is 0 Å². The quantitative estimate of drug-likeness (QED) is 0.420. The fourth-order valence-corrected chi connectivity index (χ4v) is 11.1. The Hall–Kier alpha value is -1.12. The molecule has 5 aliphatic carbocycles. The first-order valence-electron chi connectivity index (χ1n) is 14.1.